The number of nitrogens with one attached hydrogen (secondary N) is 1. The third-order valence-electron chi connectivity index (χ3n) is 6.50. The Kier molecular flexibility index (Phi) is 7.21. The van der Waals surface area contributed by atoms with Crippen molar-refractivity contribution in [3.8, 4) is 0 Å². The third-order valence-corrected chi connectivity index (χ3v) is 8.87. The van der Waals surface area contributed by atoms with E-state index in [0.29, 0.717) is 45.4 Å². The fourth-order valence-electron chi connectivity index (χ4n) is 4.64. The van der Waals surface area contributed by atoms with Crippen molar-refractivity contribution in [2.75, 3.05) is 39.3 Å². The van der Waals surface area contributed by atoms with E-state index in [4.69, 9.17) is 0 Å². The van der Waals surface area contributed by atoms with Crippen molar-refractivity contribution >= 4 is 22.0 Å². The first-order valence-corrected chi connectivity index (χ1v) is 12.3. The van der Waals surface area contributed by atoms with Crippen LogP contribution in [0.2, 0.25) is 0 Å². The molecule has 1 N–H and O–H groups in total. The van der Waals surface area contributed by atoms with Crippen LogP contribution in [0.4, 0.5) is 4.79 Å². The molecule has 9 heteroatoms. The molecule has 3 aliphatic rings. The summed E-state index contributed by atoms with van der Waals surface area (Å²) in [6, 6.07) is 0.0314. The van der Waals surface area contributed by atoms with Gasteiger partial charge in [0, 0.05) is 45.3 Å². The van der Waals surface area contributed by atoms with Crippen LogP contribution in [0.3, 0.4) is 0 Å². The molecule has 2 atom stereocenters. The normalized spacial score (nSPS) is 27.5. The second-order valence-corrected chi connectivity index (χ2v) is 10.7. The number of hydrogen-bond acceptors (Lipinski definition) is 4. The van der Waals surface area contributed by atoms with Crippen molar-refractivity contribution in [3.63, 3.8) is 0 Å². The van der Waals surface area contributed by atoms with Crippen molar-refractivity contribution in [2.24, 2.45) is 5.92 Å². The Bertz CT molecular complexity index is 712. The molecule has 3 amide bonds. The first-order valence-electron chi connectivity index (χ1n) is 10.8. The number of carbonyl (C=O) groups excluding carboxylic acids is 2. The summed E-state index contributed by atoms with van der Waals surface area (Å²) in [6.45, 7) is 8.89. The van der Waals surface area contributed by atoms with Crippen LogP contribution in [0.5, 0.6) is 0 Å². The molecule has 0 aromatic heterocycles. The molecule has 0 radical (unpaired) electrons. The first-order chi connectivity index (χ1) is 13.8. The number of nitrogens with zero attached hydrogens (tertiary/aromatic N) is 3. The molecule has 0 spiro atoms. The summed E-state index contributed by atoms with van der Waals surface area (Å²) in [6.07, 6.45) is 6.11. The Balaban J connectivity index is 1.52. The highest BCUT2D eigenvalue weighted by Gasteiger charge is 2.39. The van der Waals surface area contributed by atoms with Gasteiger partial charge in [0.15, 0.2) is 0 Å². The quantitative estimate of drug-likeness (QED) is 0.688. The van der Waals surface area contributed by atoms with Gasteiger partial charge in [-0.3, -0.25) is 4.79 Å². The number of sulfonamides is 1. The number of carbonyl (C=O) groups is 2. The smallest absolute Gasteiger partial charge is 0.319 e. The minimum absolute atomic E-state index is 0.0315. The summed E-state index contributed by atoms with van der Waals surface area (Å²) in [5, 5.41) is 2.46. The molecule has 29 heavy (non-hydrogen) atoms. The van der Waals surface area contributed by atoms with Crippen molar-refractivity contribution < 1.29 is 18.0 Å². The minimum atomic E-state index is -3.40. The molecule has 3 fully saturated rings. The molecular formula is C20H34N4O4S. The minimum Gasteiger partial charge on any atom is -0.349 e. The van der Waals surface area contributed by atoms with Gasteiger partial charge in [0.2, 0.25) is 15.9 Å². The zero-order chi connectivity index (χ0) is 21.0. The van der Waals surface area contributed by atoms with Gasteiger partial charge in [0.1, 0.15) is 0 Å². The van der Waals surface area contributed by atoms with Crippen LogP contribution in [0.1, 0.15) is 45.4 Å². The van der Waals surface area contributed by atoms with Gasteiger partial charge in [-0.2, -0.15) is 0 Å². The van der Waals surface area contributed by atoms with Gasteiger partial charge in [-0.05, 0) is 50.5 Å². The number of urea groups is 1. The predicted octanol–water partition coefficient (Wildman–Crippen LogP) is 1.40. The monoisotopic (exact) mass is 426 g/mol. The predicted molar refractivity (Wildman–Crippen MR) is 112 cm³/mol. The molecular weight excluding hydrogens is 392 g/mol. The van der Waals surface area contributed by atoms with Crippen LogP contribution in [0.25, 0.3) is 0 Å². The van der Waals surface area contributed by atoms with Crippen molar-refractivity contribution in [2.45, 2.75) is 56.7 Å². The molecule has 0 aliphatic carbocycles. The largest absolute Gasteiger partial charge is 0.349 e. The van der Waals surface area contributed by atoms with Gasteiger partial charge in [-0.1, -0.05) is 13.5 Å². The highest BCUT2D eigenvalue weighted by atomic mass is 32.2. The van der Waals surface area contributed by atoms with Crippen LogP contribution in [-0.4, -0.2) is 85.0 Å². The van der Waals surface area contributed by atoms with Gasteiger partial charge in [-0.25, -0.2) is 17.5 Å². The maximum atomic E-state index is 13.2. The van der Waals surface area contributed by atoms with E-state index in [2.05, 4.69) is 11.9 Å². The second kappa shape index (κ2) is 9.47. The average molecular weight is 427 g/mol. The summed E-state index contributed by atoms with van der Waals surface area (Å²) < 4.78 is 27.9. The summed E-state index contributed by atoms with van der Waals surface area (Å²) in [4.78, 5) is 27.9. The van der Waals surface area contributed by atoms with Gasteiger partial charge >= 0.3 is 6.03 Å². The molecule has 3 saturated heterocycles. The number of rotatable bonds is 4. The zero-order valence-corrected chi connectivity index (χ0v) is 18.2. The molecule has 0 aromatic rings. The fourth-order valence-corrected chi connectivity index (χ4v) is 6.67. The topological polar surface area (TPSA) is 90.0 Å². The number of amides is 3. The third kappa shape index (κ3) is 5.12. The van der Waals surface area contributed by atoms with Gasteiger partial charge < -0.3 is 15.1 Å². The van der Waals surface area contributed by atoms with Crippen molar-refractivity contribution in [3.05, 3.63) is 12.7 Å². The average Bonchev–Trinajstić information content (AvgIpc) is 2.75. The van der Waals surface area contributed by atoms with E-state index < -0.39 is 15.3 Å². The maximum Gasteiger partial charge on any atom is 0.319 e. The lowest BCUT2D eigenvalue weighted by Crippen LogP contribution is -2.55. The second-order valence-electron chi connectivity index (χ2n) is 8.50. The van der Waals surface area contributed by atoms with Crippen LogP contribution in [0.15, 0.2) is 12.7 Å². The highest BCUT2D eigenvalue weighted by molar-refractivity contribution is 7.89. The Labute approximate surface area is 174 Å². The number of likely N-dealkylation sites (tertiary alicyclic amines) is 2. The van der Waals surface area contributed by atoms with Crippen LogP contribution >= 0.6 is 0 Å². The van der Waals surface area contributed by atoms with E-state index in [1.54, 1.807) is 4.31 Å². The first kappa shape index (κ1) is 22.1. The summed E-state index contributed by atoms with van der Waals surface area (Å²) in [5.74, 6) is -0.174. The maximum absolute atomic E-state index is 13.2. The molecule has 2 unspecified atom stereocenters. The lowest BCUT2D eigenvalue weighted by Gasteiger charge is -2.40. The summed E-state index contributed by atoms with van der Waals surface area (Å²) in [5.41, 5.74) is 0. The van der Waals surface area contributed by atoms with Crippen molar-refractivity contribution in [1.82, 2.24) is 19.4 Å². The lowest BCUT2D eigenvalue weighted by atomic mass is 9.95. The van der Waals surface area contributed by atoms with E-state index >= 15 is 0 Å². The fraction of sp³-hybridized carbons (Fsp3) is 0.800. The Morgan fingerprint density at radius 1 is 0.966 bits per heavy atom. The standard InChI is InChI=1S/C20H34N4O4S/c1-3-19(25)21-18-9-14-24(15-16(18)2)29(27,28)17-7-12-23(13-8-17)20(26)22-10-5-4-6-11-22/h3,16-18H,1,4-15H2,2H3,(H,21,25). The van der Waals surface area contributed by atoms with E-state index in [-0.39, 0.29) is 23.9 Å². The lowest BCUT2D eigenvalue weighted by molar-refractivity contribution is -0.117. The van der Waals surface area contributed by atoms with E-state index in [0.717, 1.165) is 25.9 Å². The molecule has 8 nitrogen and oxygen atoms in total. The Morgan fingerprint density at radius 3 is 2.17 bits per heavy atom. The van der Waals surface area contributed by atoms with Gasteiger partial charge in [0.05, 0.1) is 5.25 Å². The number of piperidine rings is 3. The van der Waals surface area contributed by atoms with E-state index in [9.17, 15) is 18.0 Å². The molecule has 3 rings (SSSR count). The molecule has 3 aliphatic heterocycles. The SMILES string of the molecule is C=CC(=O)NC1CCN(S(=O)(=O)C2CCN(C(=O)N3CCCCC3)CC2)CC1C. The van der Waals surface area contributed by atoms with Gasteiger partial charge in [0.25, 0.3) is 0 Å². The zero-order valence-electron chi connectivity index (χ0n) is 17.4. The summed E-state index contributed by atoms with van der Waals surface area (Å²) >= 11 is 0. The van der Waals surface area contributed by atoms with Crippen LogP contribution in [0, 0.1) is 5.92 Å². The Morgan fingerprint density at radius 2 is 1.59 bits per heavy atom. The molecule has 164 valence electrons. The summed E-state index contributed by atoms with van der Waals surface area (Å²) in [7, 11) is -3.40. The molecule has 0 bridgehead atoms. The van der Waals surface area contributed by atoms with Crippen LogP contribution in [-0.2, 0) is 14.8 Å². The number of hydrogen-bond donors (Lipinski definition) is 1. The highest BCUT2D eigenvalue weighted by Crippen LogP contribution is 2.27. The van der Waals surface area contributed by atoms with E-state index in [1.165, 1.54) is 12.5 Å². The van der Waals surface area contributed by atoms with Crippen LogP contribution < -0.4 is 5.32 Å². The molecule has 3 heterocycles. The molecule has 0 saturated carbocycles. The van der Waals surface area contributed by atoms with Crippen molar-refractivity contribution in [1.29, 1.82) is 0 Å². The van der Waals surface area contributed by atoms with Gasteiger partial charge in [-0.15, -0.1) is 0 Å². The Hall–Kier alpha value is -1.61. The molecule has 0 aromatic carbocycles. The van der Waals surface area contributed by atoms with E-state index in [1.807, 2.05) is 16.7 Å².